The van der Waals surface area contributed by atoms with Crippen molar-refractivity contribution in [2.24, 2.45) is 0 Å². The quantitative estimate of drug-likeness (QED) is 0.605. The van der Waals surface area contributed by atoms with E-state index in [-0.39, 0.29) is 5.76 Å². The van der Waals surface area contributed by atoms with E-state index >= 15 is 0 Å². The van der Waals surface area contributed by atoms with Crippen LogP contribution >= 0.6 is 0 Å². The van der Waals surface area contributed by atoms with Crippen LogP contribution in [0.3, 0.4) is 0 Å². The van der Waals surface area contributed by atoms with E-state index in [0.29, 0.717) is 5.76 Å². The van der Waals surface area contributed by atoms with Crippen molar-refractivity contribution in [3.63, 3.8) is 0 Å². The summed E-state index contributed by atoms with van der Waals surface area (Å²) in [6.07, 6.45) is 1.52. The van der Waals surface area contributed by atoms with Gasteiger partial charge in [-0.15, -0.1) is 0 Å². The van der Waals surface area contributed by atoms with Crippen LogP contribution in [0.25, 0.3) is 6.08 Å². The van der Waals surface area contributed by atoms with Crippen LogP contribution in [0.1, 0.15) is 16.3 Å². The molecule has 0 bridgehead atoms. The van der Waals surface area contributed by atoms with Gasteiger partial charge in [0.2, 0.25) is 5.76 Å². The number of carbonyl (C=O) groups is 1. The van der Waals surface area contributed by atoms with Crippen molar-refractivity contribution in [3.05, 3.63) is 30.2 Å². The summed E-state index contributed by atoms with van der Waals surface area (Å²) in [4.78, 5) is 10.8. The molecule has 0 aliphatic carbocycles. The number of furan rings is 1. The minimum atomic E-state index is -0.474. The Morgan fingerprint density at radius 2 is 2.45 bits per heavy atom. The molecule has 0 fully saturated rings. The molecule has 0 N–H and O–H groups in total. The zero-order valence-electron chi connectivity index (χ0n) is 6.16. The van der Waals surface area contributed by atoms with E-state index in [0.717, 1.165) is 0 Å². The van der Waals surface area contributed by atoms with Gasteiger partial charge in [0, 0.05) is 0 Å². The molecule has 0 radical (unpaired) electrons. The Morgan fingerprint density at radius 1 is 1.73 bits per heavy atom. The maximum atomic E-state index is 10.8. The summed E-state index contributed by atoms with van der Waals surface area (Å²) in [5, 5.41) is 0. The van der Waals surface area contributed by atoms with E-state index in [4.69, 9.17) is 4.42 Å². The molecule has 1 aromatic heterocycles. The molecule has 3 heteroatoms. The summed E-state index contributed by atoms with van der Waals surface area (Å²) < 4.78 is 9.42. The highest BCUT2D eigenvalue weighted by molar-refractivity contribution is 5.86. The Balaban J connectivity index is 2.88. The number of rotatable bonds is 2. The average molecular weight is 152 g/mol. The molecule has 58 valence electrons. The van der Waals surface area contributed by atoms with Crippen molar-refractivity contribution >= 4 is 12.0 Å². The summed E-state index contributed by atoms with van der Waals surface area (Å²) >= 11 is 0. The molecule has 3 nitrogen and oxygen atoms in total. The van der Waals surface area contributed by atoms with Crippen LogP contribution in [0.15, 0.2) is 23.1 Å². The van der Waals surface area contributed by atoms with Crippen LogP contribution < -0.4 is 0 Å². The van der Waals surface area contributed by atoms with Crippen LogP contribution in [0.4, 0.5) is 0 Å². The highest BCUT2D eigenvalue weighted by Crippen LogP contribution is 2.09. The highest BCUT2D eigenvalue weighted by atomic mass is 16.5. The Kier molecular flexibility index (Phi) is 2.11. The van der Waals surface area contributed by atoms with Crippen molar-refractivity contribution in [1.29, 1.82) is 0 Å². The molecule has 1 aromatic rings. The van der Waals surface area contributed by atoms with Gasteiger partial charge in [0.1, 0.15) is 5.76 Å². The molecule has 1 rings (SSSR count). The van der Waals surface area contributed by atoms with E-state index in [1.165, 1.54) is 13.2 Å². The van der Waals surface area contributed by atoms with Crippen molar-refractivity contribution in [1.82, 2.24) is 0 Å². The van der Waals surface area contributed by atoms with E-state index < -0.39 is 5.97 Å². The largest absolute Gasteiger partial charge is 0.463 e. The summed E-state index contributed by atoms with van der Waals surface area (Å²) in [6.45, 7) is 3.48. The van der Waals surface area contributed by atoms with Crippen molar-refractivity contribution in [3.8, 4) is 0 Å². The molecule has 0 atom stereocenters. The molecule has 0 aliphatic rings. The van der Waals surface area contributed by atoms with Crippen LogP contribution in [-0.2, 0) is 4.74 Å². The summed E-state index contributed by atoms with van der Waals surface area (Å²) in [5.74, 6) is 0.283. The van der Waals surface area contributed by atoms with Crippen LogP contribution in [-0.4, -0.2) is 13.1 Å². The summed E-state index contributed by atoms with van der Waals surface area (Å²) in [5.41, 5.74) is 0. The lowest BCUT2D eigenvalue weighted by Gasteiger charge is -1.91. The number of carbonyl (C=O) groups excluding carboxylic acids is 1. The fraction of sp³-hybridized carbons (Fsp3) is 0.125. The van der Waals surface area contributed by atoms with Gasteiger partial charge in [-0.2, -0.15) is 0 Å². The molecule has 1 heterocycles. The number of hydrogen-bond donors (Lipinski definition) is 0. The molecule has 0 saturated carbocycles. The smallest absolute Gasteiger partial charge is 0.373 e. The zero-order chi connectivity index (χ0) is 8.27. The molecule has 0 unspecified atom stereocenters. The topological polar surface area (TPSA) is 39.4 Å². The fourth-order valence-electron chi connectivity index (χ4n) is 0.673. The molecule has 0 spiro atoms. The Labute approximate surface area is 64.3 Å². The summed E-state index contributed by atoms with van der Waals surface area (Å²) in [6, 6.07) is 3.20. The lowest BCUT2D eigenvalue weighted by atomic mass is 10.4. The van der Waals surface area contributed by atoms with Crippen LogP contribution in [0.2, 0.25) is 0 Å². The van der Waals surface area contributed by atoms with Gasteiger partial charge in [0.15, 0.2) is 0 Å². The first-order valence-electron chi connectivity index (χ1n) is 3.08. The monoisotopic (exact) mass is 152 g/mol. The van der Waals surface area contributed by atoms with Gasteiger partial charge in [-0.25, -0.2) is 4.79 Å². The lowest BCUT2D eigenvalue weighted by molar-refractivity contribution is 0.0564. The minimum Gasteiger partial charge on any atom is -0.463 e. The molecular formula is C8H8O3. The second-order valence-electron chi connectivity index (χ2n) is 1.90. The number of hydrogen-bond acceptors (Lipinski definition) is 3. The van der Waals surface area contributed by atoms with Crippen molar-refractivity contribution in [2.75, 3.05) is 7.11 Å². The van der Waals surface area contributed by atoms with Gasteiger partial charge in [-0.1, -0.05) is 6.58 Å². The SMILES string of the molecule is C=Cc1ccc(C(=O)OC)o1. The first kappa shape index (κ1) is 7.60. The minimum absolute atomic E-state index is 0.197. The number of methoxy groups -OCH3 is 1. The van der Waals surface area contributed by atoms with Gasteiger partial charge in [-0.05, 0) is 18.2 Å². The third kappa shape index (κ3) is 1.49. The molecule has 0 amide bonds. The molecule has 0 saturated heterocycles. The highest BCUT2D eigenvalue weighted by Gasteiger charge is 2.08. The van der Waals surface area contributed by atoms with Gasteiger partial charge < -0.3 is 9.15 Å². The maximum absolute atomic E-state index is 10.8. The second kappa shape index (κ2) is 3.05. The van der Waals surface area contributed by atoms with E-state index in [2.05, 4.69) is 11.3 Å². The average Bonchev–Trinajstić information content (AvgIpc) is 2.50. The molecule has 0 aliphatic heterocycles. The van der Waals surface area contributed by atoms with Crippen LogP contribution in [0.5, 0.6) is 0 Å². The van der Waals surface area contributed by atoms with E-state index in [9.17, 15) is 4.79 Å². The van der Waals surface area contributed by atoms with Gasteiger partial charge in [0.25, 0.3) is 0 Å². The third-order valence-corrected chi connectivity index (χ3v) is 1.21. The first-order chi connectivity index (χ1) is 5.27. The van der Waals surface area contributed by atoms with Crippen molar-refractivity contribution < 1.29 is 13.9 Å². The standard InChI is InChI=1S/C8H8O3/c1-3-6-4-5-7(11-6)8(9)10-2/h3-5H,1H2,2H3. The first-order valence-corrected chi connectivity index (χ1v) is 3.08. The predicted molar refractivity (Wildman–Crippen MR) is 40.1 cm³/mol. The Morgan fingerprint density at radius 3 is 2.91 bits per heavy atom. The van der Waals surface area contributed by atoms with E-state index in [1.807, 2.05) is 0 Å². The van der Waals surface area contributed by atoms with Gasteiger partial charge >= 0.3 is 5.97 Å². The lowest BCUT2D eigenvalue weighted by Crippen LogP contribution is -1.97. The van der Waals surface area contributed by atoms with Crippen molar-refractivity contribution in [2.45, 2.75) is 0 Å². The summed E-state index contributed by atoms with van der Waals surface area (Å²) in [7, 11) is 1.30. The Hall–Kier alpha value is -1.51. The van der Waals surface area contributed by atoms with Gasteiger partial charge in [0.05, 0.1) is 7.11 Å². The third-order valence-electron chi connectivity index (χ3n) is 1.21. The fourth-order valence-corrected chi connectivity index (χ4v) is 0.673. The number of esters is 1. The molecule has 0 aromatic carbocycles. The molecular weight excluding hydrogens is 144 g/mol. The normalized spacial score (nSPS) is 9.18. The van der Waals surface area contributed by atoms with Gasteiger partial charge in [-0.3, -0.25) is 0 Å². The zero-order valence-corrected chi connectivity index (χ0v) is 6.16. The molecule has 11 heavy (non-hydrogen) atoms. The van der Waals surface area contributed by atoms with E-state index in [1.54, 1.807) is 12.1 Å². The van der Waals surface area contributed by atoms with Crippen LogP contribution in [0, 0.1) is 0 Å². The predicted octanol–water partition coefficient (Wildman–Crippen LogP) is 1.71. The Bertz CT molecular complexity index is 273. The maximum Gasteiger partial charge on any atom is 0.373 e. The second-order valence-corrected chi connectivity index (χ2v) is 1.90. The number of ether oxygens (including phenoxy) is 1.